The van der Waals surface area contributed by atoms with Gasteiger partial charge in [-0.15, -0.1) is 12.6 Å². The summed E-state index contributed by atoms with van der Waals surface area (Å²) in [7, 11) is 2.13. The van der Waals surface area contributed by atoms with Gasteiger partial charge in [-0.05, 0) is 57.0 Å². The van der Waals surface area contributed by atoms with Gasteiger partial charge >= 0.3 is 6.03 Å². The number of H-pyrrole nitrogens is 1. The largest absolute Gasteiger partial charge is 0.361 e. The van der Waals surface area contributed by atoms with Gasteiger partial charge in [0.15, 0.2) is 0 Å². The van der Waals surface area contributed by atoms with Crippen molar-refractivity contribution >= 4 is 34.7 Å². The maximum atomic E-state index is 12.6. The monoisotopic (exact) mass is 400 g/mol. The highest BCUT2D eigenvalue weighted by atomic mass is 32.1. The standard InChI is InChI=1S/C21H28N4O2S/c1-4-25(5-2)21(27)23-14-9-15-16-6-12(20(26)28)7-17-19(16)13(10-22-17)8-18(15)24(3)11-14/h6-7,10,14-15,18,22H,4-5,8-9,11H2,1-3H3,(H,23,27)(H,26,28)/t14-,15+,18+/m0/s1. The first-order chi connectivity index (χ1) is 13.4. The van der Waals surface area contributed by atoms with Gasteiger partial charge in [0.05, 0.1) is 0 Å². The molecule has 0 saturated carbocycles. The third-order valence-corrected chi connectivity index (χ3v) is 6.68. The third-order valence-electron chi connectivity index (χ3n) is 6.42. The fourth-order valence-electron chi connectivity index (χ4n) is 5.02. The average molecular weight is 401 g/mol. The molecule has 28 heavy (non-hydrogen) atoms. The fourth-order valence-corrected chi connectivity index (χ4v) is 5.15. The summed E-state index contributed by atoms with van der Waals surface area (Å²) in [6.07, 6.45) is 3.93. The topological polar surface area (TPSA) is 68.4 Å². The lowest BCUT2D eigenvalue weighted by Crippen LogP contribution is -2.56. The SMILES string of the molecule is CCN(CC)C(=O)N[C@H]1C[C@@H]2c3cc(C(=O)S)cc4[nH]cc(c34)C[C@H]2N(C)C1. The van der Waals surface area contributed by atoms with E-state index in [1.807, 2.05) is 30.9 Å². The number of benzene rings is 1. The highest BCUT2D eigenvalue weighted by molar-refractivity contribution is 7.97. The summed E-state index contributed by atoms with van der Waals surface area (Å²) < 4.78 is 0. The van der Waals surface area contributed by atoms with Crippen molar-refractivity contribution in [3.8, 4) is 0 Å². The summed E-state index contributed by atoms with van der Waals surface area (Å²) in [5.41, 5.74) is 4.13. The quantitative estimate of drug-likeness (QED) is 0.691. The van der Waals surface area contributed by atoms with E-state index in [-0.39, 0.29) is 23.1 Å². The van der Waals surface area contributed by atoms with E-state index >= 15 is 0 Å². The molecule has 0 unspecified atom stereocenters. The highest BCUT2D eigenvalue weighted by Crippen LogP contribution is 2.43. The van der Waals surface area contributed by atoms with Gasteiger partial charge in [0.1, 0.15) is 0 Å². The first-order valence-electron chi connectivity index (χ1n) is 10.1. The third kappa shape index (κ3) is 3.20. The maximum Gasteiger partial charge on any atom is 0.317 e. The number of carbonyl (C=O) groups is 2. The van der Waals surface area contributed by atoms with Crippen LogP contribution in [0.5, 0.6) is 0 Å². The molecule has 2 N–H and O–H groups in total. The second kappa shape index (κ2) is 7.44. The van der Waals surface area contributed by atoms with Crippen LogP contribution >= 0.6 is 12.6 Å². The molecule has 1 aromatic heterocycles. The minimum absolute atomic E-state index is 0.00410. The molecule has 2 heterocycles. The lowest BCUT2D eigenvalue weighted by Gasteiger charge is -2.46. The molecule has 2 aliphatic rings. The summed E-state index contributed by atoms with van der Waals surface area (Å²) in [6, 6.07) is 4.37. The van der Waals surface area contributed by atoms with Crippen molar-refractivity contribution < 1.29 is 9.59 Å². The van der Waals surface area contributed by atoms with Gasteiger partial charge in [-0.3, -0.25) is 4.79 Å². The Kier molecular flexibility index (Phi) is 5.14. The molecule has 0 bridgehead atoms. The fraction of sp³-hybridized carbons (Fsp3) is 0.524. The second-order valence-corrected chi connectivity index (χ2v) is 8.39. The number of hydrogen-bond donors (Lipinski definition) is 3. The number of amides is 2. The number of fused-ring (bicyclic) bond motifs is 2. The first-order valence-corrected chi connectivity index (χ1v) is 10.5. The molecule has 0 spiro atoms. The van der Waals surface area contributed by atoms with E-state index < -0.39 is 0 Å². The molecule has 1 aliphatic carbocycles. The Morgan fingerprint density at radius 1 is 1.32 bits per heavy atom. The van der Waals surface area contributed by atoms with Gasteiger partial charge in [-0.1, -0.05) is 0 Å². The molecule has 6 nitrogen and oxygen atoms in total. The summed E-state index contributed by atoms with van der Waals surface area (Å²) in [6.45, 7) is 6.24. The summed E-state index contributed by atoms with van der Waals surface area (Å²) in [4.78, 5) is 32.0. The van der Waals surface area contributed by atoms with E-state index in [1.165, 1.54) is 16.5 Å². The number of urea groups is 1. The molecule has 1 fully saturated rings. The normalized spacial score (nSPS) is 24.1. The number of aromatic amines is 1. The van der Waals surface area contributed by atoms with Gasteiger partial charge in [-0.2, -0.15) is 0 Å². The zero-order valence-electron chi connectivity index (χ0n) is 16.7. The summed E-state index contributed by atoms with van der Waals surface area (Å²) >= 11 is 4.04. The Morgan fingerprint density at radius 3 is 2.75 bits per heavy atom. The molecular formula is C21H28N4O2S. The van der Waals surface area contributed by atoms with Crippen molar-refractivity contribution in [2.45, 2.75) is 44.7 Å². The zero-order valence-corrected chi connectivity index (χ0v) is 17.6. The Balaban J connectivity index is 1.67. The number of thiol groups is 1. The predicted octanol–water partition coefficient (Wildman–Crippen LogP) is 3.00. The predicted molar refractivity (Wildman–Crippen MR) is 114 cm³/mol. The van der Waals surface area contributed by atoms with Crippen molar-refractivity contribution in [2.24, 2.45) is 0 Å². The molecule has 3 atom stereocenters. The molecule has 7 heteroatoms. The van der Waals surface area contributed by atoms with Gasteiger partial charge < -0.3 is 20.1 Å². The van der Waals surface area contributed by atoms with Crippen LogP contribution in [0.25, 0.3) is 10.9 Å². The molecule has 2 aromatic rings. The smallest absolute Gasteiger partial charge is 0.317 e. The van der Waals surface area contributed by atoms with Crippen LogP contribution in [0.2, 0.25) is 0 Å². The van der Waals surface area contributed by atoms with Crippen LogP contribution < -0.4 is 5.32 Å². The van der Waals surface area contributed by atoms with Gasteiger partial charge in [0.2, 0.25) is 5.12 Å². The molecule has 4 rings (SSSR count). The number of nitrogens with one attached hydrogen (secondary N) is 2. The molecule has 1 aromatic carbocycles. The van der Waals surface area contributed by atoms with Crippen LogP contribution in [-0.4, -0.2) is 64.7 Å². The van der Waals surface area contributed by atoms with Crippen LogP contribution in [0.3, 0.4) is 0 Å². The van der Waals surface area contributed by atoms with Crippen LogP contribution in [0.15, 0.2) is 18.3 Å². The average Bonchev–Trinajstić information content (AvgIpc) is 3.07. The highest BCUT2D eigenvalue weighted by Gasteiger charge is 2.40. The van der Waals surface area contributed by atoms with E-state index in [2.05, 4.69) is 41.1 Å². The molecule has 1 saturated heterocycles. The van der Waals surface area contributed by atoms with Gasteiger partial charge in [0.25, 0.3) is 0 Å². The van der Waals surface area contributed by atoms with E-state index in [1.54, 1.807) is 0 Å². The molecular weight excluding hydrogens is 372 g/mol. The van der Waals surface area contributed by atoms with Crippen LogP contribution in [0.1, 0.15) is 47.7 Å². The molecule has 0 radical (unpaired) electrons. The minimum atomic E-state index is -0.216. The van der Waals surface area contributed by atoms with Crippen molar-refractivity contribution in [1.29, 1.82) is 0 Å². The minimum Gasteiger partial charge on any atom is -0.361 e. The lowest BCUT2D eigenvalue weighted by molar-refractivity contribution is 0.109. The molecule has 2 amide bonds. The number of nitrogens with zero attached hydrogens (tertiary/aromatic N) is 2. The lowest BCUT2D eigenvalue weighted by atomic mass is 9.73. The van der Waals surface area contributed by atoms with E-state index in [0.717, 1.165) is 24.9 Å². The summed E-state index contributed by atoms with van der Waals surface area (Å²) in [5.74, 6) is 0.277. The van der Waals surface area contributed by atoms with Crippen LogP contribution in [-0.2, 0) is 6.42 Å². The van der Waals surface area contributed by atoms with Gasteiger partial charge in [-0.25, -0.2) is 4.79 Å². The van der Waals surface area contributed by atoms with E-state index in [0.29, 0.717) is 24.7 Å². The first kappa shape index (κ1) is 19.3. The van der Waals surface area contributed by atoms with Crippen LogP contribution in [0, 0.1) is 0 Å². The number of carbonyl (C=O) groups excluding carboxylic acids is 2. The van der Waals surface area contributed by atoms with E-state index in [4.69, 9.17) is 0 Å². The van der Waals surface area contributed by atoms with Crippen molar-refractivity contribution in [3.63, 3.8) is 0 Å². The number of piperidine rings is 1. The number of aromatic nitrogens is 1. The Hall–Kier alpha value is -1.99. The number of likely N-dealkylation sites (tertiary alicyclic amines) is 1. The van der Waals surface area contributed by atoms with Gasteiger partial charge in [0, 0.05) is 60.3 Å². The number of rotatable bonds is 4. The maximum absolute atomic E-state index is 12.6. The van der Waals surface area contributed by atoms with E-state index in [9.17, 15) is 9.59 Å². The number of hydrogen-bond acceptors (Lipinski definition) is 3. The Bertz CT molecular complexity index is 921. The zero-order chi connectivity index (χ0) is 20.0. The van der Waals surface area contributed by atoms with Crippen molar-refractivity contribution in [3.05, 3.63) is 35.0 Å². The molecule has 1 aliphatic heterocycles. The Morgan fingerprint density at radius 2 is 2.07 bits per heavy atom. The van der Waals surface area contributed by atoms with Crippen molar-refractivity contribution in [2.75, 3.05) is 26.7 Å². The molecule has 150 valence electrons. The summed E-state index contributed by atoms with van der Waals surface area (Å²) in [5, 5.41) is 4.25. The number of likely N-dealkylation sites (N-methyl/N-ethyl adjacent to an activating group) is 1. The Labute approximate surface area is 171 Å². The van der Waals surface area contributed by atoms with Crippen LogP contribution in [0.4, 0.5) is 4.79 Å². The second-order valence-electron chi connectivity index (χ2n) is 7.98. The van der Waals surface area contributed by atoms with Crippen molar-refractivity contribution in [1.82, 2.24) is 20.1 Å².